The van der Waals surface area contributed by atoms with Gasteiger partial charge >= 0.3 is 5.97 Å². The number of esters is 1. The molecule has 0 aromatic heterocycles. The van der Waals surface area contributed by atoms with E-state index >= 15 is 0 Å². The molecule has 1 fully saturated rings. The number of nitrogens with zero attached hydrogens (tertiary/aromatic N) is 1. The van der Waals surface area contributed by atoms with E-state index in [0.29, 0.717) is 5.75 Å². The average molecular weight is 384 g/mol. The van der Waals surface area contributed by atoms with Crippen molar-refractivity contribution in [3.8, 4) is 5.75 Å². The lowest BCUT2D eigenvalue weighted by Crippen LogP contribution is -2.40. The van der Waals surface area contributed by atoms with Crippen molar-refractivity contribution in [2.75, 3.05) is 20.3 Å². The van der Waals surface area contributed by atoms with Gasteiger partial charge in [0.05, 0.1) is 0 Å². The first-order valence-corrected chi connectivity index (χ1v) is 8.65. The summed E-state index contributed by atoms with van der Waals surface area (Å²) in [4.78, 5) is 25.4. The normalized spacial score (nSPS) is 15.0. The summed E-state index contributed by atoms with van der Waals surface area (Å²) in [6.07, 6.45) is 5.61. The van der Waals surface area contributed by atoms with Gasteiger partial charge in [-0.05, 0) is 37.1 Å². The van der Waals surface area contributed by atoms with Gasteiger partial charge in [0.15, 0.2) is 13.2 Å². The highest BCUT2D eigenvalue weighted by Crippen LogP contribution is 2.21. The Labute approximate surface area is 145 Å². The number of likely N-dealkylation sites (N-methyl/N-ethyl adjacent to an activating group) is 1. The average Bonchev–Trinajstić information content (AvgIpc) is 2.59. The molecule has 1 aromatic rings. The molecule has 0 aliphatic heterocycles. The smallest absolute Gasteiger partial charge is 0.344 e. The van der Waals surface area contributed by atoms with Crippen molar-refractivity contribution in [2.24, 2.45) is 0 Å². The van der Waals surface area contributed by atoms with E-state index in [-0.39, 0.29) is 25.2 Å². The van der Waals surface area contributed by atoms with Crippen LogP contribution in [0.1, 0.15) is 32.1 Å². The zero-order chi connectivity index (χ0) is 16.7. The Morgan fingerprint density at radius 2 is 1.78 bits per heavy atom. The Morgan fingerprint density at radius 1 is 1.13 bits per heavy atom. The molecule has 2 rings (SSSR count). The standard InChI is InChI=1S/C17H22BrNO4/c1-19(14-5-3-2-4-6-14)16(20)11-23-17(21)12-22-15-9-7-13(18)8-10-15/h7-10,14H,2-6,11-12H2,1H3. The molecule has 0 N–H and O–H groups in total. The van der Waals surface area contributed by atoms with Crippen LogP contribution in [0.5, 0.6) is 5.75 Å². The van der Waals surface area contributed by atoms with Gasteiger partial charge in [-0.1, -0.05) is 35.2 Å². The molecule has 1 aromatic carbocycles. The van der Waals surface area contributed by atoms with Crippen molar-refractivity contribution in [3.05, 3.63) is 28.7 Å². The zero-order valence-electron chi connectivity index (χ0n) is 13.3. The van der Waals surface area contributed by atoms with Crippen LogP contribution >= 0.6 is 15.9 Å². The molecule has 23 heavy (non-hydrogen) atoms. The fourth-order valence-electron chi connectivity index (χ4n) is 2.63. The van der Waals surface area contributed by atoms with E-state index in [0.717, 1.165) is 30.2 Å². The van der Waals surface area contributed by atoms with Crippen LogP contribution in [0.2, 0.25) is 0 Å². The van der Waals surface area contributed by atoms with Crippen LogP contribution in [0.3, 0.4) is 0 Å². The van der Waals surface area contributed by atoms with Gasteiger partial charge in [0.25, 0.3) is 5.91 Å². The highest BCUT2D eigenvalue weighted by atomic mass is 79.9. The summed E-state index contributed by atoms with van der Waals surface area (Å²) in [5.74, 6) is -0.122. The molecule has 0 atom stereocenters. The minimum absolute atomic E-state index is 0.158. The molecule has 1 aliphatic carbocycles. The number of benzene rings is 1. The molecular formula is C17H22BrNO4. The first-order valence-electron chi connectivity index (χ1n) is 7.86. The number of carbonyl (C=O) groups excluding carboxylic acids is 2. The van der Waals surface area contributed by atoms with Gasteiger partial charge < -0.3 is 14.4 Å². The number of carbonyl (C=O) groups is 2. The van der Waals surface area contributed by atoms with Crippen LogP contribution in [-0.4, -0.2) is 43.1 Å². The molecule has 0 bridgehead atoms. The second-order valence-electron chi connectivity index (χ2n) is 5.70. The summed E-state index contributed by atoms with van der Waals surface area (Å²) < 4.78 is 11.2. The maximum atomic E-state index is 12.1. The lowest BCUT2D eigenvalue weighted by Gasteiger charge is -2.31. The summed E-state index contributed by atoms with van der Waals surface area (Å²) >= 11 is 3.32. The SMILES string of the molecule is CN(C(=O)COC(=O)COc1ccc(Br)cc1)C1CCCCC1. The number of rotatable bonds is 6. The van der Waals surface area contributed by atoms with Crippen LogP contribution in [0.4, 0.5) is 0 Å². The molecule has 0 spiro atoms. The maximum Gasteiger partial charge on any atom is 0.344 e. The maximum absolute atomic E-state index is 12.1. The highest BCUT2D eigenvalue weighted by Gasteiger charge is 2.22. The van der Waals surface area contributed by atoms with E-state index in [1.54, 1.807) is 24.1 Å². The number of amides is 1. The fraction of sp³-hybridized carbons (Fsp3) is 0.529. The van der Waals surface area contributed by atoms with E-state index < -0.39 is 5.97 Å². The molecule has 0 unspecified atom stereocenters. The highest BCUT2D eigenvalue weighted by molar-refractivity contribution is 9.10. The quantitative estimate of drug-likeness (QED) is 0.707. The Balaban J connectivity index is 1.68. The van der Waals surface area contributed by atoms with E-state index in [2.05, 4.69) is 15.9 Å². The first kappa shape index (κ1) is 17.8. The van der Waals surface area contributed by atoms with Crippen molar-refractivity contribution in [1.29, 1.82) is 0 Å². The lowest BCUT2D eigenvalue weighted by molar-refractivity contribution is -0.154. The predicted octanol–water partition coefficient (Wildman–Crippen LogP) is 3.16. The topological polar surface area (TPSA) is 55.8 Å². The van der Waals surface area contributed by atoms with E-state index in [1.807, 2.05) is 12.1 Å². The van der Waals surface area contributed by atoms with Crippen LogP contribution in [0, 0.1) is 0 Å². The third-order valence-electron chi connectivity index (χ3n) is 4.04. The van der Waals surface area contributed by atoms with E-state index in [4.69, 9.17) is 9.47 Å². The van der Waals surface area contributed by atoms with Crippen molar-refractivity contribution >= 4 is 27.8 Å². The summed E-state index contributed by atoms with van der Waals surface area (Å²) in [6.45, 7) is -0.433. The summed E-state index contributed by atoms with van der Waals surface area (Å²) in [6, 6.07) is 7.42. The molecule has 0 saturated heterocycles. The second kappa shape index (κ2) is 8.91. The van der Waals surface area contributed by atoms with Gasteiger partial charge in [0, 0.05) is 17.6 Å². The number of ether oxygens (including phenoxy) is 2. The zero-order valence-corrected chi connectivity index (χ0v) is 14.9. The molecule has 5 nitrogen and oxygen atoms in total. The van der Waals surface area contributed by atoms with Crippen molar-refractivity contribution in [3.63, 3.8) is 0 Å². The third kappa shape index (κ3) is 5.86. The largest absolute Gasteiger partial charge is 0.482 e. The van der Waals surface area contributed by atoms with Gasteiger partial charge in [-0.2, -0.15) is 0 Å². The molecule has 1 aliphatic rings. The Morgan fingerprint density at radius 3 is 2.43 bits per heavy atom. The molecule has 126 valence electrons. The Bertz CT molecular complexity index is 526. The Hall–Kier alpha value is -1.56. The van der Waals surface area contributed by atoms with Crippen LogP contribution in [0.25, 0.3) is 0 Å². The van der Waals surface area contributed by atoms with Gasteiger partial charge in [-0.15, -0.1) is 0 Å². The first-order chi connectivity index (χ1) is 11.1. The van der Waals surface area contributed by atoms with Gasteiger partial charge in [-0.25, -0.2) is 4.79 Å². The fourth-order valence-corrected chi connectivity index (χ4v) is 2.90. The van der Waals surface area contributed by atoms with Crippen LogP contribution in [-0.2, 0) is 14.3 Å². The van der Waals surface area contributed by atoms with Crippen molar-refractivity contribution < 1.29 is 19.1 Å². The minimum atomic E-state index is -0.543. The van der Waals surface area contributed by atoms with Crippen molar-refractivity contribution in [2.45, 2.75) is 38.1 Å². The van der Waals surface area contributed by atoms with Gasteiger partial charge in [0.2, 0.25) is 0 Å². The molecule has 0 radical (unpaired) electrons. The van der Waals surface area contributed by atoms with Crippen LogP contribution < -0.4 is 4.74 Å². The summed E-state index contributed by atoms with van der Waals surface area (Å²) in [7, 11) is 1.78. The van der Waals surface area contributed by atoms with Gasteiger partial charge in [-0.3, -0.25) is 4.79 Å². The van der Waals surface area contributed by atoms with Gasteiger partial charge in [0.1, 0.15) is 5.75 Å². The molecule has 0 heterocycles. The Kier molecular flexibility index (Phi) is 6.89. The monoisotopic (exact) mass is 383 g/mol. The number of hydrogen-bond donors (Lipinski definition) is 0. The van der Waals surface area contributed by atoms with Crippen LogP contribution in [0.15, 0.2) is 28.7 Å². The molecule has 6 heteroatoms. The van der Waals surface area contributed by atoms with E-state index in [9.17, 15) is 9.59 Å². The van der Waals surface area contributed by atoms with E-state index in [1.165, 1.54) is 6.42 Å². The lowest BCUT2D eigenvalue weighted by atomic mass is 9.94. The minimum Gasteiger partial charge on any atom is -0.482 e. The molecule has 1 amide bonds. The predicted molar refractivity (Wildman–Crippen MR) is 90.2 cm³/mol. The summed E-state index contributed by atoms with van der Waals surface area (Å²) in [5.41, 5.74) is 0. The molecule has 1 saturated carbocycles. The number of halogens is 1. The second-order valence-corrected chi connectivity index (χ2v) is 6.62. The number of hydrogen-bond acceptors (Lipinski definition) is 4. The van der Waals surface area contributed by atoms with Crippen molar-refractivity contribution in [1.82, 2.24) is 4.90 Å². The molecular weight excluding hydrogens is 362 g/mol. The third-order valence-corrected chi connectivity index (χ3v) is 4.57. The summed E-state index contributed by atoms with van der Waals surface area (Å²) in [5, 5.41) is 0.